The van der Waals surface area contributed by atoms with E-state index in [0.29, 0.717) is 21.7 Å². The van der Waals surface area contributed by atoms with Gasteiger partial charge in [0.1, 0.15) is 5.75 Å². The van der Waals surface area contributed by atoms with Crippen molar-refractivity contribution in [3.8, 4) is 17.1 Å². The van der Waals surface area contributed by atoms with Gasteiger partial charge in [-0.15, -0.1) is 10.2 Å². The molecule has 9 heteroatoms. The number of rotatable bonds is 6. The number of carbonyl (C=O) groups is 1. The van der Waals surface area contributed by atoms with Crippen LogP contribution in [0.3, 0.4) is 0 Å². The zero-order valence-electron chi connectivity index (χ0n) is 14.7. The molecule has 0 unspecified atom stereocenters. The van der Waals surface area contributed by atoms with Gasteiger partial charge in [-0.3, -0.25) is 4.79 Å². The summed E-state index contributed by atoms with van der Waals surface area (Å²) in [7, 11) is 1.60. The minimum absolute atomic E-state index is 0.206. The predicted molar refractivity (Wildman–Crippen MR) is 108 cm³/mol. The molecule has 0 aliphatic rings. The van der Waals surface area contributed by atoms with Gasteiger partial charge in [0.15, 0.2) is 5.82 Å². The first-order chi connectivity index (χ1) is 13.0. The molecule has 7 nitrogen and oxygen atoms in total. The Hall–Kier alpha value is -2.71. The summed E-state index contributed by atoms with van der Waals surface area (Å²) in [6.07, 6.45) is 0. The van der Waals surface area contributed by atoms with Gasteiger partial charge in [-0.25, -0.2) is 4.68 Å². The molecule has 1 aromatic heterocycles. The summed E-state index contributed by atoms with van der Waals surface area (Å²) in [5, 5.41) is 11.5. The molecule has 0 spiro atoms. The number of anilines is 1. The SMILES string of the molecule is COc1ccc(-c2nnc(S[C@H](C)C(=O)Nc3ccccc3Cl)n2N)cc1. The number of hydrogen-bond donors (Lipinski definition) is 2. The average Bonchev–Trinajstić information content (AvgIpc) is 3.04. The Morgan fingerprint density at radius 3 is 2.59 bits per heavy atom. The smallest absolute Gasteiger partial charge is 0.237 e. The molecule has 0 bridgehead atoms. The highest BCUT2D eigenvalue weighted by molar-refractivity contribution is 8.00. The monoisotopic (exact) mass is 403 g/mol. The summed E-state index contributed by atoms with van der Waals surface area (Å²) >= 11 is 7.29. The zero-order valence-corrected chi connectivity index (χ0v) is 16.3. The molecule has 0 fully saturated rings. The molecule has 0 saturated carbocycles. The van der Waals surface area contributed by atoms with Gasteiger partial charge in [0.05, 0.1) is 23.1 Å². The summed E-state index contributed by atoms with van der Waals surface area (Å²) in [5.41, 5.74) is 1.36. The van der Waals surface area contributed by atoms with Crippen molar-refractivity contribution in [1.82, 2.24) is 14.9 Å². The topological polar surface area (TPSA) is 95.1 Å². The molecule has 2 aromatic carbocycles. The van der Waals surface area contributed by atoms with Crippen LogP contribution < -0.4 is 15.9 Å². The number of ether oxygens (including phenoxy) is 1. The Morgan fingerprint density at radius 2 is 1.93 bits per heavy atom. The summed E-state index contributed by atoms with van der Waals surface area (Å²) in [6, 6.07) is 14.4. The lowest BCUT2D eigenvalue weighted by atomic mass is 10.2. The molecule has 1 amide bonds. The van der Waals surface area contributed by atoms with Crippen molar-refractivity contribution in [1.29, 1.82) is 0 Å². The van der Waals surface area contributed by atoms with Gasteiger partial charge in [0, 0.05) is 5.56 Å². The number of hydrogen-bond acceptors (Lipinski definition) is 6. The van der Waals surface area contributed by atoms with E-state index in [1.807, 2.05) is 24.3 Å². The second-order valence-electron chi connectivity index (χ2n) is 5.63. The molecule has 1 heterocycles. The second-order valence-corrected chi connectivity index (χ2v) is 7.35. The van der Waals surface area contributed by atoms with Crippen LogP contribution in [0.2, 0.25) is 5.02 Å². The largest absolute Gasteiger partial charge is 0.497 e. The van der Waals surface area contributed by atoms with Gasteiger partial charge >= 0.3 is 0 Å². The first-order valence-electron chi connectivity index (χ1n) is 8.06. The number of aromatic nitrogens is 3. The van der Waals surface area contributed by atoms with E-state index in [2.05, 4.69) is 15.5 Å². The number of para-hydroxylation sites is 1. The van der Waals surface area contributed by atoms with Crippen molar-refractivity contribution in [2.45, 2.75) is 17.3 Å². The lowest BCUT2D eigenvalue weighted by Crippen LogP contribution is -2.23. The lowest BCUT2D eigenvalue weighted by molar-refractivity contribution is -0.115. The van der Waals surface area contributed by atoms with Gasteiger partial charge in [-0.2, -0.15) is 0 Å². The van der Waals surface area contributed by atoms with E-state index in [1.54, 1.807) is 38.3 Å². The molecule has 3 rings (SSSR count). The second kappa shape index (κ2) is 8.32. The number of nitrogens with one attached hydrogen (secondary N) is 1. The number of benzene rings is 2. The van der Waals surface area contributed by atoms with E-state index < -0.39 is 5.25 Å². The third-order valence-electron chi connectivity index (χ3n) is 3.80. The third-order valence-corrected chi connectivity index (χ3v) is 5.18. The number of carbonyl (C=O) groups excluding carboxylic acids is 1. The van der Waals surface area contributed by atoms with Crippen LogP contribution in [0.1, 0.15) is 6.92 Å². The number of halogens is 1. The van der Waals surface area contributed by atoms with Gasteiger partial charge in [-0.05, 0) is 43.3 Å². The van der Waals surface area contributed by atoms with E-state index in [4.69, 9.17) is 22.2 Å². The molecular formula is C18H18ClN5O2S. The van der Waals surface area contributed by atoms with Crippen LogP contribution in [0.5, 0.6) is 5.75 Å². The van der Waals surface area contributed by atoms with E-state index in [0.717, 1.165) is 11.3 Å². The van der Waals surface area contributed by atoms with Gasteiger partial charge in [-0.1, -0.05) is 35.5 Å². The molecule has 0 radical (unpaired) electrons. The van der Waals surface area contributed by atoms with Crippen LogP contribution >= 0.6 is 23.4 Å². The van der Waals surface area contributed by atoms with Gasteiger partial charge in [0.25, 0.3) is 0 Å². The predicted octanol–water partition coefficient (Wildman–Crippen LogP) is 3.44. The standard InChI is InChI=1S/C18H18ClN5O2S/c1-11(17(25)21-15-6-4-3-5-14(15)19)27-18-23-22-16(24(18)20)12-7-9-13(26-2)10-8-12/h3-11H,20H2,1-2H3,(H,21,25)/t11-/m1/s1. The van der Waals surface area contributed by atoms with Crippen molar-refractivity contribution in [2.24, 2.45) is 0 Å². The molecule has 0 saturated heterocycles. The van der Waals surface area contributed by atoms with Crippen LogP contribution in [-0.2, 0) is 4.79 Å². The summed E-state index contributed by atoms with van der Waals surface area (Å²) in [5.74, 6) is 7.15. The number of amides is 1. The highest BCUT2D eigenvalue weighted by Gasteiger charge is 2.20. The number of thioether (sulfide) groups is 1. The highest BCUT2D eigenvalue weighted by atomic mass is 35.5. The first-order valence-corrected chi connectivity index (χ1v) is 9.32. The van der Waals surface area contributed by atoms with Crippen molar-refractivity contribution < 1.29 is 9.53 Å². The van der Waals surface area contributed by atoms with Crippen molar-refractivity contribution in [3.63, 3.8) is 0 Å². The molecule has 0 aliphatic heterocycles. The lowest BCUT2D eigenvalue weighted by Gasteiger charge is -2.12. The number of nitrogen functional groups attached to an aromatic ring is 1. The molecule has 140 valence electrons. The Balaban J connectivity index is 1.71. The van der Waals surface area contributed by atoms with Crippen molar-refractivity contribution >= 4 is 35.0 Å². The summed E-state index contributed by atoms with van der Waals surface area (Å²) in [4.78, 5) is 12.4. The van der Waals surface area contributed by atoms with Crippen LogP contribution in [0.25, 0.3) is 11.4 Å². The van der Waals surface area contributed by atoms with Gasteiger partial charge < -0.3 is 15.9 Å². The van der Waals surface area contributed by atoms with E-state index >= 15 is 0 Å². The van der Waals surface area contributed by atoms with Crippen LogP contribution in [0.4, 0.5) is 5.69 Å². The summed E-state index contributed by atoms with van der Waals surface area (Å²) in [6.45, 7) is 1.76. The number of methoxy groups -OCH3 is 1. The maximum absolute atomic E-state index is 12.4. The fourth-order valence-electron chi connectivity index (χ4n) is 2.30. The number of nitrogens with two attached hydrogens (primary N) is 1. The van der Waals surface area contributed by atoms with Crippen LogP contribution in [0.15, 0.2) is 53.7 Å². The Labute approximate surface area is 165 Å². The van der Waals surface area contributed by atoms with Crippen molar-refractivity contribution in [3.05, 3.63) is 53.6 Å². The molecule has 3 aromatic rings. The van der Waals surface area contributed by atoms with Gasteiger partial charge in [0.2, 0.25) is 11.1 Å². The summed E-state index contributed by atoms with van der Waals surface area (Å²) < 4.78 is 6.51. The Morgan fingerprint density at radius 1 is 1.22 bits per heavy atom. The quantitative estimate of drug-likeness (QED) is 0.483. The molecular weight excluding hydrogens is 386 g/mol. The minimum atomic E-state index is -0.448. The van der Waals surface area contributed by atoms with E-state index in [9.17, 15) is 4.79 Å². The Kier molecular flexibility index (Phi) is 5.88. The fraction of sp³-hybridized carbons (Fsp3) is 0.167. The van der Waals surface area contributed by atoms with E-state index in [1.165, 1.54) is 16.4 Å². The molecule has 0 aliphatic carbocycles. The highest BCUT2D eigenvalue weighted by Crippen LogP contribution is 2.27. The van der Waals surface area contributed by atoms with Crippen LogP contribution in [-0.4, -0.2) is 33.1 Å². The third kappa shape index (κ3) is 4.35. The molecule has 1 atom stereocenters. The number of nitrogens with zero attached hydrogens (tertiary/aromatic N) is 3. The molecule has 3 N–H and O–H groups in total. The maximum Gasteiger partial charge on any atom is 0.237 e. The average molecular weight is 404 g/mol. The Bertz CT molecular complexity index is 945. The zero-order chi connectivity index (χ0) is 19.4. The van der Waals surface area contributed by atoms with Crippen molar-refractivity contribution in [2.75, 3.05) is 18.3 Å². The normalized spacial score (nSPS) is 11.8. The molecule has 27 heavy (non-hydrogen) atoms. The maximum atomic E-state index is 12.4. The first kappa shape index (κ1) is 19.1. The fourth-order valence-corrected chi connectivity index (χ4v) is 3.26. The minimum Gasteiger partial charge on any atom is -0.497 e. The van der Waals surface area contributed by atoms with E-state index in [-0.39, 0.29) is 5.91 Å². The van der Waals surface area contributed by atoms with Crippen LogP contribution in [0, 0.1) is 0 Å².